The molecule has 4 rings (SSSR count). The van der Waals surface area contributed by atoms with Gasteiger partial charge in [-0.25, -0.2) is 4.98 Å². The Hall–Kier alpha value is -2.96. The number of amides is 1. The first-order valence-corrected chi connectivity index (χ1v) is 12.1. The molecule has 0 spiro atoms. The monoisotopic (exact) mass is 461 g/mol. The summed E-state index contributed by atoms with van der Waals surface area (Å²) in [6.45, 7) is 9.96. The number of aromatic nitrogens is 1. The smallest absolute Gasteiger partial charge is 0.273 e. The predicted octanol–water partition coefficient (Wildman–Crippen LogP) is 5.08. The summed E-state index contributed by atoms with van der Waals surface area (Å²) in [4.78, 5) is 19.2. The van der Waals surface area contributed by atoms with E-state index < -0.39 is 0 Å². The van der Waals surface area contributed by atoms with E-state index >= 15 is 0 Å². The first-order valence-electron chi connectivity index (χ1n) is 12.1. The Morgan fingerprint density at radius 3 is 2.38 bits per heavy atom. The quantitative estimate of drug-likeness (QED) is 0.481. The summed E-state index contributed by atoms with van der Waals surface area (Å²) in [5.41, 5.74) is 4.20. The maximum atomic E-state index is 12.5. The summed E-state index contributed by atoms with van der Waals surface area (Å²) in [7, 11) is 0. The third-order valence-corrected chi connectivity index (χ3v) is 6.13. The molecule has 6 nitrogen and oxygen atoms in total. The molecule has 1 fully saturated rings. The van der Waals surface area contributed by atoms with Gasteiger partial charge in [-0.3, -0.25) is 9.69 Å². The summed E-state index contributed by atoms with van der Waals surface area (Å²) in [6.07, 6.45) is 3.57. The lowest BCUT2D eigenvalue weighted by Gasteiger charge is -2.23. The number of benzene rings is 2. The highest BCUT2D eigenvalue weighted by Crippen LogP contribution is 2.23. The van der Waals surface area contributed by atoms with Crippen molar-refractivity contribution in [1.82, 2.24) is 15.2 Å². The minimum absolute atomic E-state index is 0.0985. The highest BCUT2D eigenvalue weighted by Gasteiger charge is 2.20. The molecule has 1 aliphatic rings. The summed E-state index contributed by atoms with van der Waals surface area (Å²) in [5.74, 6) is 0.308. The van der Waals surface area contributed by atoms with Crippen LogP contribution in [0.4, 0.5) is 0 Å². The fraction of sp³-hybridized carbons (Fsp3) is 0.429. The molecule has 2 aromatic carbocycles. The van der Waals surface area contributed by atoms with E-state index in [1.54, 1.807) is 0 Å². The van der Waals surface area contributed by atoms with Crippen molar-refractivity contribution in [2.75, 3.05) is 13.2 Å². The maximum absolute atomic E-state index is 12.5. The molecule has 6 heteroatoms. The lowest BCUT2D eigenvalue weighted by Crippen LogP contribution is -2.32. The van der Waals surface area contributed by atoms with Gasteiger partial charge in [-0.2, -0.15) is 0 Å². The van der Waals surface area contributed by atoms with Crippen LogP contribution < -0.4 is 5.32 Å². The van der Waals surface area contributed by atoms with E-state index in [0.29, 0.717) is 24.7 Å². The predicted molar refractivity (Wildman–Crippen MR) is 132 cm³/mol. The van der Waals surface area contributed by atoms with Gasteiger partial charge >= 0.3 is 0 Å². The first-order chi connectivity index (χ1) is 16.4. The van der Waals surface area contributed by atoms with Crippen LogP contribution in [-0.4, -0.2) is 35.0 Å². The molecule has 1 amide bonds. The van der Waals surface area contributed by atoms with Gasteiger partial charge in [0.2, 0.25) is 5.89 Å². The molecule has 2 heterocycles. The molecule has 0 unspecified atom stereocenters. The fourth-order valence-electron chi connectivity index (χ4n) is 4.16. The third kappa shape index (κ3) is 6.78. The Morgan fingerprint density at radius 2 is 1.74 bits per heavy atom. The summed E-state index contributed by atoms with van der Waals surface area (Å²) in [6, 6.07) is 19.2. The topological polar surface area (TPSA) is 67.6 Å². The number of hydrogen-bond donors (Lipinski definition) is 1. The second kappa shape index (κ2) is 11.0. The highest BCUT2D eigenvalue weighted by atomic mass is 16.5. The third-order valence-electron chi connectivity index (χ3n) is 6.13. The Morgan fingerprint density at radius 1 is 1.03 bits per heavy atom. The number of nitrogens with zero attached hydrogens (tertiary/aromatic N) is 2. The molecule has 0 saturated carbocycles. The normalized spacial score (nSPS) is 16.2. The van der Waals surface area contributed by atoms with Crippen LogP contribution in [-0.2, 0) is 29.8 Å². The van der Waals surface area contributed by atoms with Gasteiger partial charge in [-0.05, 0) is 34.9 Å². The van der Waals surface area contributed by atoms with Crippen molar-refractivity contribution in [2.45, 2.75) is 64.8 Å². The zero-order chi connectivity index (χ0) is 24.0. The molecule has 1 saturated heterocycles. The molecule has 0 radical (unpaired) electrons. The van der Waals surface area contributed by atoms with Crippen LogP contribution >= 0.6 is 0 Å². The summed E-state index contributed by atoms with van der Waals surface area (Å²) in [5, 5.41) is 2.90. The van der Waals surface area contributed by atoms with E-state index in [2.05, 4.69) is 72.4 Å². The second-order valence-corrected chi connectivity index (χ2v) is 10.0. The van der Waals surface area contributed by atoms with E-state index in [1.807, 2.05) is 18.2 Å². The second-order valence-electron chi connectivity index (χ2n) is 10.0. The average molecular weight is 462 g/mol. The van der Waals surface area contributed by atoms with Gasteiger partial charge in [-0.15, -0.1) is 0 Å². The van der Waals surface area contributed by atoms with Gasteiger partial charge in [0.1, 0.15) is 6.26 Å². The van der Waals surface area contributed by atoms with Crippen LogP contribution in [0.5, 0.6) is 0 Å². The molecule has 1 N–H and O–H groups in total. The molecule has 1 aromatic heterocycles. The van der Waals surface area contributed by atoms with E-state index in [4.69, 9.17) is 9.15 Å². The van der Waals surface area contributed by atoms with Crippen LogP contribution in [0, 0.1) is 0 Å². The standard InChI is InChI=1S/C28H35N3O3/c1-28(2,3)23-13-11-22(12-14-23)18-31(17-21-8-5-4-6-9-21)19-26-30-25(20-34-26)27(32)29-16-24-10-7-15-33-24/h4-6,8-9,11-14,20,24H,7,10,15-19H2,1-3H3,(H,29,32)/t24-/m0/s1. The SMILES string of the molecule is CC(C)(C)c1ccc(CN(Cc2ccccc2)Cc2nc(C(=O)NC[C@@H]3CCCO3)co2)cc1. The Balaban J connectivity index is 1.42. The summed E-state index contributed by atoms with van der Waals surface area (Å²) < 4.78 is 11.3. The molecule has 3 aromatic rings. The van der Waals surface area contributed by atoms with Gasteiger partial charge in [0.15, 0.2) is 5.69 Å². The maximum Gasteiger partial charge on any atom is 0.273 e. The molecular formula is C28H35N3O3. The molecule has 0 aliphatic carbocycles. The zero-order valence-electron chi connectivity index (χ0n) is 20.4. The number of hydrogen-bond acceptors (Lipinski definition) is 5. The first kappa shape index (κ1) is 24.2. The van der Waals surface area contributed by atoms with Gasteiger partial charge in [-0.1, -0.05) is 75.4 Å². The Kier molecular flexibility index (Phi) is 7.80. The number of carbonyl (C=O) groups is 1. The molecule has 1 aliphatic heterocycles. The van der Waals surface area contributed by atoms with Gasteiger partial charge in [0.05, 0.1) is 12.6 Å². The van der Waals surface area contributed by atoms with Gasteiger partial charge < -0.3 is 14.5 Å². The average Bonchev–Trinajstić information content (AvgIpc) is 3.50. The number of ether oxygens (including phenoxy) is 1. The van der Waals surface area contributed by atoms with Crippen molar-refractivity contribution < 1.29 is 13.9 Å². The Bertz CT molecular complexity index is 1050. The van der Waals surface area contributed by atoms with Crippen molar-refractivity contribution >= 4 is 5.91 Å². The minimum atomic E-state index is -0.224. The lowest BCUT2D eigenvalue weighted by atomic mass is 9.87. The largest absolute Gasteiger partial charge is 0.447 e. The van der Waals surface area contributed by atoms with E-state index in [9.17, 15) is 4.79 Å². The Labute approximate surface area is 202 Å². The molecule has 34 heavy (non-hydrogen) atoms. The molecule has 1 atom stereocenters. The zero-order valence-corrected chi connectivity index (χ0v) is 20.4. The number of nitrogens with one attached hydrogen (secondary N) is 1. The molecule has 180 valence electrons. The van der Waals surface area contributed by atoms with Crippen LogP contribution in [0.3, 0.4) is 0 Å². The summed E-state index contributed by atoms with van der Waals surface area (Å²) >= 11 is 0. The van der Waals surface area contributed by atoms with Crippen molar-refractivity contribution in [2.24, 2.45) is 0 Å². The number of oxazole rings is 1. The van der Waals surface area contributed by atoms with Crippen LogP contribution in [0.15, 0.2) is 65.3 Å². The number of carbonyl (C=O) groups excluding carboxylic acids is 1. The lowest BCUT2D eigenvalue weighted by molar-refractivity contribution is 0.0853. The van der Waals surface area contributed by atoms with Gasteiger partial charge in [0.25, 0.3) is 5.91 Å². The van der Waals surface area contributed by atoms with E-state index in [1.165, 1.54) is 23.0 Å². The van der Waals surface area contributed by atoms with E-state index in [-0.39, 0.29) is 17.4 Å². The number of rotatable bonds is 9. The minimum Gasteiger partial charge on any atom is -0.447 e. The molecular weight excluding hydrogens is 426 g/mol. The van der Waals surface area contributed by atoms with Gasteiger partial charge in [0, 0.05) is 26.2 Å². The van der Waals surface area contributed by atoms with Crippen LogP contribution in [0.1, 0.15) is 66.7 Å². The fourth-order valence-corrected chi connectivity index (χ4v) is 4.16. The highest BCUT2D eigenvalue weighted by molar-refractivity contribution is 5.91. The molecule has 0 bridgehead atoms. The van der Waals surface area contributed by atoms with Crippen molar-refractivity contribution in [3.8, 4) is 0 Å². The van der Waals surface area contributed by atoms with E-state index in [0.717, 1.165) is 32.5 Å². The van der Waals surface area contributed by atoms with Crippen LogP contribution in [0.25, 0.3) is 0 Å². The van der Waals surface area contributed by atoms with Crippen molar-refractivity contribution in [1.29, 1.82) is 0 Å². The van der Waals surface area contributed by atoms with Crippen LogP contribution in [0.2, 0.25) is 0 Å². The van der Waals surface area contributed by atoms with Crippen molar-refractivity contribution in [3.05, 3.63) is 89.1 Å². The van der Waals surface area contributed by atoms with Crippen molar-refractivity contribution in [3.63, 3.8) is 0 Å².